The van der Waals surface area contributed by atoms with Gasteiger partial charge in [-0.1, -0.05) is 13.8 Å². The number of hydrogen-bond donors (Lipinski definition) is 0. The van der Waals surface area contributed by atoms with E-state index in [4.69, 9.17) is 9.05 Å². The van der Waals surface area contributed by atoms with E-state index in [0.717, 1.165) is 0 Å². The zero-order chi connectivity index (χ0) is 14.6. The molecule has 106 valence electrons. The zero-order valence-corrected chi connectivity index (χ0v) is 12.7. The Bertz CT molecular complexity index is 356. The monoisotopic (exact) mass is 279 g/mol. The molecule has 0 radical (unpaired) electrons. The molecule has 7 heteroatoms. The van der Waals surface area contributed by atoms with Crippen molar-refractivity contribution in [3.63, 3.8) is 0 Å². The van der Waals surface area contributed by atoms with E-state index in [9.17, 15) is 14.2 Å². The number of carbonyl (C=O) groups excluding carboxylic acids is 2. The van der Waals surface area contributed by atoms with E-state index in [-0.39, 0.29) is 24.3 Å². The van der Waals surface area contributed by atoms with Gasteiger partial charge in [0.25, 0.3) is 0 Å². The third-order valence-electron chi connectivity index (χ3n) is 2.74. The van der Waals surface area contributed by atoms with E-state index < -0.39 is 13.0 Å². The van der Waals surface area contributed by atoms with E-state index >= 15 is 0 Å². The summed E-state index contributed by atoms with van der Waals surface area (Å²) in [6.45, 7) is 3.29. The molecule has 0 aliphatic rings. The van der Waals surface area contributed by atoms with Crippen molar-refractivity contribution >= 4 is 19.3 Å². The van der Waals surface area contributed by atoms with Crippen LogP contribution in [0.1, 0.15) is 20.3 Å². The maximum atomic E-state index is 12.1. The molecule has 0 aromatic heterocycles. The van der Waals surface area contributed by atoms with Crippen molar-refractivity contribution in [2.45, 2.75) is 20.3 Å². The van der Waals surface area contributed by atoms with Gasteiger partial charge in [-0.2, -0.15) is 0 Å². The number of hydrogen-bond acceptors (Lipinski definition) is 5. The first-order chi connectivity index (χ1) is 8.08. The van der Waals surface area contributed by atoms with Gasteiger partial charge in [-0.05, 0) is 0 Å². The second-order valence-electron chi connectivity index (χ2n) is 4.91. The lowest BCUT2D eigenvalue weighted by atomic mass is 9.85. The molecule has 1 amide bonds. The van der Waals surface area contributed by atoms with E-state index in [0.29, 0.717) is 0 Å². The van der Waals surface area contributed by atoms with Gasteiger partial charge in [-0.15, -0.1) is 0 Å². The van der Waals surface area contributed by atoms with Gasteiger partial charge in [-0.25, -0.2) is 0 Å². The third-order valence-corrected chi connectivity index (χ3v) is 4.53. The molecule has 0 fully saturated rings. The average molecular weight is 279 g/mol. The van der Waals surface area contributed by atoms with E-state index in [1.807, 2.05) is 0 Å². The van der Waals surface area contributed by atoms with Gasteiger partial charge < -0.3 is 13.9 Å². The van der Waals surface area contributed by atoms with E-state index in [1.54, 1.807) is 27.9 Å². The number of ketones is 1. The first-order valence-corrected chi connectivity index (χ1v) is 7.25. The highest BCUT2D eigenvalue weighted by Gasteiger charge is 2.36. The lowest BCUT2D eigenvalue weighted by Crippen LogP contribution is -2.34. The van der Waals surface area contributed by atoms with Gasteiger partial charge in [0.15, 0.2) is 5.78 Å². The second kappa shape index (κ2) is 6.45. The van der Waals surface area contributed by atoms with E-state index in [2.05, 4.69) is 0 Å². The number of carbonyl (C=O) groups is 2. The van der Waals surface area contributed by atoms with Crippen molar-refractivity contribution in [3.05, 3.63) is 0 Å². The minimum absolute atomic E-state index is 0.0618. The van der Waals surface area contributed by atoms with Crippen molar-refractivity contribution < 1.29 is 23.2 Å². The predicted molar refractivity (Wildman–Crippen MR) is 68.6 cm³/mol. The SMILES string of the molecule is COP(=O)(CC(=O)C(C)(C)CC(=O)N(C)C)OC. The first kappa shape index (κ1) is 17.3. The largest absolute Gasteiger partial charge is 0.349 e. The molecule has 0 rings (SSSR count). The summed E-state index contributed by atoms with van der Waals surface area (Å²) in [5.74, 6) is -0.470. The minimum Gasteiger partial charge on any atom is -0.349 e. The molecule has 0 aromatic carbocycles. The number of nitrogens with zero attached hydrogens (tertiary/aromatic N) is 1. The quantitative estimate of drug-likeness (QED) is 0.661. The van der Waals surface area contributed by atoms with Gasteiger partial charge >= 0.3 is 7.60 Å². The highest BCUT2D eigenvalue weighted by atomic mass is 31.2. The van der Waals surface area contributed by atoms with Crippen LogP contribution in [0.2, 0.25) is 0 Å². The second-order valence-corrected chi connectivity index (χ2v) is 7.17. The van der Waals surface area contributed by atoms with Crippen LogP contribution in [-0.4, -0.2) is 51.1 Å². The summed E-state index contributed by atoms with van der Waals surface area (Å²) in [7, 11) is 2.33. The Morgan fingerprint density at radius 2 is 1.61 bits per heavy atom. The highest BCUT2D eigenvalue weighted by Crippen LogP contribution is 2.47. The Balaban J connectivity index is 4.77. The molecule has 0 saturated heterocycles. The molecule has 0 aromatic rings. The molecule has 0 aliphatic heterocycles. The third kappa shape index (κ3) is 4.88. The topological polar surface area (TPSA) is 72.9 Å². The molecule has 0 aliphatic carbocycles. The lowest BCUT2D eigenvalue weighted by molar-refractivity contribution is -0.136. The Morgan fingerprint density at radius 1 is 1.17 bits per heavy atom. The molecular formula is C11H22NO5P. The molecule has 0 N–H and O–H groups in total. The van der Waals surface area contributed by atoms with Crippen LogP contribution in [-0.2, 0) is 23.2 Å². The fourth-order valence-electron chi connectivity index (χ4n) is 1.23. The molecule has 0 saturated carbocycles. The van der Waals surface area contributed by atoms with Crippen molar-refractivity contribution in [3.8, 4) is 0 Å². The van der Waals surface area contributed by atoms with Crippen LogP contribution in [0.3, 0.4) is 0 Å². The normalized spacial score (nSPS) is 12.3. The van der Waals surface area contributed by atoms with Gasteiger partial charge in [-0.3, -0.25) is 14.2 Å². The summed E-state index contributed by atoms with van der Waals surface area (Å²) in [4.78, 5) is 25.1. The Kier molecular flexibility index (Phi) is 6.20. The van der Waals surface area contributed by atoms with Crippen LogP contribution in [0.4, 0.5) is 0 Å². The number of Topliss-reactive ketones (excluding diaryl/α,β-unsaturated/α-hetero) is 1. The molecular weight excluding hydrogens is 257 g/mol. The first-order valence-electron chi connectivity index (χ1n) is 5.52. The van der Waals surface area contributed by atoms with Crippen LogP contribution in [0.25, 0.3) is 0 Å². The summed E-state index contributed by atoms with van der Waals surface area (Å²) in [5, 5.41) is 0. The zero-order valence-electron chi connectivity index (χ0n) is 11.8. The van der Waals surface area contributed by atoms with Crippen molar-refractivity contribution in [1.29, 1.82) is 0 Å². The summed E-state index contributed by atoms with van der Waals surface area (Å²) in [6, 6.07) is 0. The molecule has 18 heavy (non-hydrogen) atoms. The molecule has 0 spiro atoms. The summed E-state index contributed by atoms with van der Waals surface area (Å²) < 4.78 is 21.3. The lowest BCUT2D eigenvalue weighted by Gasteiger charge is -2.25. The van der Waals surface area contributed by atoms with Crippen LogP contribution in [0.15, 0.2) is 0 Å². The fourth-order valence-corrected chi connectivity index (χ4v) is 2.42. The smallest absolute Gasteiger partial charge is 0.337 e. The van der Waals surface area contributed by atoms with E-state index in [1.165, 1.54) is 19.1 Å². The summed E-state index contributed by atoms with van der Waals surface area (Å²) >= 11 is 0. The standard InChI is InChI=1S/C11H22NO5P/c1-11(2,7-10(14)12(3)4)9(13)8-18(15,16-5)17-6/h7-8H2,1-6H3. The van der Waals surface area contributed by atoms with Crippen molar-refractivity contribution in [2.75, 3.05) is 34.5 Å². The average Bonchev–Trinajstić information content (AvgIpc) is 2.27. The van der Waals surface area contributed by atoms with Crippen LogP contribution < -0.4 is 0 Å². The fraction of sp³-hybridized carbons (Fsp3) is 0.818. The molecule has 0 unspecified atom stereocenters. The van der Waals surface area contributed by atoms with Gasteiger partial charge in [0.2, 0.25) is 5.91 Å². The Morgan fingerprint density at radius 3 is 1.94 bits per heavy atom. The van der Waals surface area contributed by atoms with Gasteiger partial charge in [0.1, 0.15) is 6.16 Å². The van der Waals surface area contributed by atoms with Gasteiger partial charge in [0, 0.05) is 40.2 Å². The maximum absolute atomic E-state index is 12.1. The van der Waals surface area contributed by atoms with Gasteiger partial charge in [0.05, 0.1) is 0 Å². The molecule has 0 heterocycles. The molecule has 6 nitrogen and oxygen atoms in total. The van der Waals surface area contributed by atoms with Crippen LogP contribution in [0, 0.1) is 5.41 Å². The van der Waals surface area contributed by atoms with Crippen LogP contribution in [0.5, 0.6) is 0 Å². The van der Waals surface area contributed by atoms with Crippen molar-refractivity contribution in [2.24, 2.45) is 5.41 Å². The maximum Gasteiger partial charge on any atom is 0.337 e. The number of amides is 1. The minimum atomic E-state index is -3.38. The van der Waals surface area contributed by atoms with Crippen molar-refractivity contribution in [1.82, 2.24) is 4.90 Å². The number of rotatable bonds is 7. The molecule has 0 bridgehead atoms. The predicted octanol–water partition coefficient (Wildman–Crippen LogP) is 1.55. The van der Waals surface area contributed by atoms with Crippen LogP contribution >= 0.6 is 7.60 Å². The Labute approximate surface area is 108 Å². The summed E-state index contributed by atoms with van der Waals surface area (Å²) in [5.41, 5.74) is -0.895. The highest BCUT2D eigenvalue weighted by molar-refractivity contribution is 7.54. The molecule has 0 atom stereocenters. The Hall–Kier alpha value is -0.710. The summed E-state index contributed by atoms with van der Waals surface area (Å²) in [6.07, 6.45) is -0.264.